The summed E-state index contributed by atoms with van der Waals surface area (Å²) in [5.74, 6) is 0.360. The molecule has 1 saturated carbocycles. The molecule has 0 aromatic carbocycles. The van der Waals surface area contributed by atoms with Gasteiger partial charge in [-0.15, -0.1) is 0 Å². The smallest absolute Gasteiger partial charge is 0.243 e. The van der Waals surface area contributed by atoms with Gasteiger partial charge in [-0.1, -0.05) is 19.3 Å². The summed E-state index contributed by atoms with van der Waals surface area (Å²) in [7, 11) is -2.04. The van der Waals surface area contributed by atoms with Gasteiger partial charge in [0.15, 0.2) is 0 Å². The first kappa shape index (κ1) is 15.1. The largest absolute Gasteiger partial charge is 0.391 e. The second-order valence-electron chi connectivity index (χ2n) is 4.93. The number of hydrogen-bond acceptors (Lipinski definition) is 6. The van der Waals surface area contributed by atoms with Gasteiger partial charge in [-0.3, -0.25) is 0 Å². The zero-order valence-electron chi connectivity index (χ0n) is 11.4. The Morgan fingerprint density at radius 3 is 2.50 bits per heavy atom. The van der Waals surface area contributed by atoms with Crippen LogP contribution < -0.4 is 10.0 Å². The van der Waals surface area contributed by atoms with E-state index in [4.69, 9.17) is 0 Å². The molecule has 0 radical (unpaired) electrons. The lowest BCUT2D eigenvalue weighted by Crippen LogP contribution is -2.42. The molecule has 2 atom stereocenters. The second kappa shape index (κ2) is 6.47. The van der Waals surface area contributed by atoms with Gasteiger partial charge in [0, 0.05) is 13.1 Å². The third-order valence-electron chi connectivity index (χ3n) is 3.45. The van der Waals surface area contributed by atoms with Crippen LogP contribution in [0.3, 0.4) is 0 Å². The number of aliphatic hydroxyl groups is 1. The Bertz CT molecular complexity index is 532. The number of nitrogens with zero attached hydrogens (tertiary/aromatic N) is 2. The third kappa shape index (κ3) is 3.65. The zero-order valence-corrected chi connectivity index (χ0v) is 12.2. The highest BCUT2D eigenvalue weighted by atomic mass is 32.2. The van der Waals surface area contributed by atoms with E-state index in [0.717, 1.165) is 19.3 Å². The average Bonchev–Trinajstić information content (AvgIpc) is 2.64. The van der Waals surface area contributed by atoms with E-state index < -0.39 is 22.2 Å². The van der Waals surface area contributed by atoms with Gasteiger partial charge in [-0.2, -0.15) is 0 Å². The van der Waals surface area contributed by atoms with E-state index in [2.05, 4.69) is 20.0 Å². The van der Waals surface area contributed by atoms with Crippen molar-refractivity contribution in [1.29, 1.82) is 0 Å². The molecule has 20 heavy (non-hydrogen) atoms. The Hall–Kier alpha value is -1.25. The van der Waals surface area contributed by atoms with E-state index in [1.54, 1.807) is 7.05 Å². The van der Waals surface area contributed by atoms with Crippen LogP contribution in [-0.4, -0.2) is 42.7 Å². The molecule has 112 valence electrons. The minimum atomic E-state index is -3.70. The minimum absolute atomic E-state index is 0.00736. The number of aromatic nitrogens is 2. The summed E-state index contributed by atoms with van der Waals surface area (Å²) in [6.45, 7) is 0. The van der Waals surface area contributed by atoms with Crippen molar-refractivity contribution < 1.29 is 13.5 Å². The maximum absolute atomic E-state index is 12.2. The first-order valence-electron chi connectivity index (χ1n) is 6.73. The van der Waals surface area contributed by atoms with Crippen LogP contribution in [0.5, 0.6) is 0 Å². The third-order valence-corrected chi connectivity index (χ3v) is 4.89. The van der Waals surface area contributed by atoms with E-state index in [9.17, 15) is 13.5 Å². The van der Waals surface area contributed by atoms with Crippen molar-refractivity contribution in [2.24, 2.45) is 0 Å². The van der Waals surface area contributed by atoms with Gasteiger partial charge in [0.2, 0.25) is 16.0 Å². The predicted molar refractivity (Wildman–Crippen MR) is 74.8 cm³/mol. The number of rotatable bonds is 4. The molecule has 7 nitrogen and oxygen atoms in total. The molecule has 1 aromatic rings. The van der Waals surface area contributed by atoms with E-state index in [0.29, 0.717) is 18.8 Å². The molecule has 1 aliphatic carbocycles. The molecule has 1 aromatic heterocycles. The van der Waals surface area contributed by atoms with Crippen LogP contribution in [0.1, 0.15) is 32.1 Å². The Morgan fingerprint density at radius 1 is 1.20 bits per heavy atom. The maximum atomic E-state index is 12.2. The fourth-order valence-corrected chi connectivity index (χ4v) is 3.47. The van der Waals surface area contributed by atoms with Crippen LogP contribution in [-0.2, 0) is 10.0 Å². The van der Waals surface area contributed by atoms with Gasteiger partial charge in [0.1, 0.15) is 4.90 Å². The zero-order chi connectivity index (χ0) is 14.6. The van der Waals surface area contributed by atoms with Gasteiger partial charge in [0.05, 0.1) is 18.5 Å². The average molecular weight is 300 g/mol. The van der Waals surface area contributed by atoms with Crippen LogP contribution in [0.15, 0.2) is 17.3 Å². The molecule has 1 fully saturated rings. The summed E-state index contributed by atoms with van der Waals surface area (Å²) < 4.78 is 27.0. The topological polar surface area (TPSA) is 104 Å². The van der Waals surface area contributed by atoms with Crippen molar-refractivity contribution in [1.82, 2.24) is 14.7 Å². The number of sulfonamides is 1. The molecular weight excluding hydrogens is 280 g/mol. The van der Waals surface area contributed by atoms with Gasteiger partial charge in [-0.05, 0) is 12.8 Å². The molecule has 2 rings (SSSR count). The van der Waals surface area contributed by atoms with E-state index in [-0.39, 0.29) is 4.90 Å². The monoisotopic (exact) mass is 300 g/mol. The Morgan fingerprint density at radius 2 is 1.85 bits per heavy atom. The number of anilines is 1. The van der Waals surface area contributed by atoms with Gasteiger partial charge in [0.25, 0.3) is 0 Å². The van der Waals surface area contributed by atoms with Crippen LogP contribution in [0.25, 0.3) is 0 Å². The maximum Gasteiger partial charge on any atom is 0.243 e. The van der Waals surface area contributed by atoms with Crippen molar-refractivity contribution in [3.63, 3.8) is 0 Å². The molecule has 0 saturated heterocycles. The van der Waals surface area contributed by atoms with Crippen molar-refractivity contribution in [3.05, 3.63) is 12.4 Å². The lowest BCUT2D eigenvalue weighted by atomic mass is 10.1. The molecule has 2 unspecified atom stereocenters. The van der Waals surface area contributed by atoms with Gasteiger partial charge < -0.3 is 10.4 Å². The quantitative estimate of drug-likeness (QED) is 0.699. The van der Waals surface area contributed by atoms with E-state index in [1.807, 2.05) is 0 Å². The van der Waals surface area contributed by atoms with Crippen molar-refractivity contribution in [2.75, 3.05) is 12.4 Å². The number of aliphatic hydroxyl groups excluding tert-OH is 1. The lowest BCUT2D eigenvalue weighted by molar-refractivity contribution is 0.130. The predicted octanol–water partition coefficient (Wildman–Crippen LogP) is 0.490. The Labute approximate surface area is 118 Å². The van der Waals surface area contributed by atoms with Crippen molar-refractivity contribution in [3.8, 4) is 0 Å². The SMILES string of the molecule is CNc1ncc(S(=O)(=O)NC2CCCCCC2O)cn1. The van der Waals surface area contributed by atoms with E-state index >= 15 is 0 Å². The summed E-state index contributed by atoms with van der Waals surface area (Å²) in [5, 5.41) is 12.7. The molecule has 0 aliphatic heterocycles. The second-order valence-corrected chi connectivity index (χ2v) is 6.64. The first-order valence-corrected chi connectivity index (χ1v) is 8.21. The minimum Gasteiger partial charge on any atom is -0.391 e. The van der Waals surface area contributed by atoms with Crippen LogP contribution in [0.4, 0.5) is 5.95 Å². The fraction of sp³-hybridized carbons (Fsp3) is 0.667. The Kier molecular flexibility index (Phi) is 4.90. The van der Waals surface area contributed by atoms with Crippen LogP contribution in [0.2, 0.25) is 0 Å². The molecule has 0 amide bonds. The summed E-state index contributed by atoms with van der Waals surface area (Å²) in [6, 6.07) is -0.438. The summed E-state index contributed by atoms with van der Waals surface area (Å²) >= 11 is 0. The summed E-state index contributed by atoms with van der Waals surface area (Å²) in [6.07, 6.45) is 6.02. The molecule has 0 bridgehead atoms. The summed E-state index contributed by atoms with van der Waals surface area (Å²) in [5.41, 5.74) is 0. The first-order chi connectivity index (χ1) is 9.53. The van der Waals surface area contributed by atoms with Gasteiger partial charge in [-0.25, -0.2) is 23.1 Å². The molecule has 1 heterocycles. The molecular formula is C12H20N4O3S. The normalized spacial score (nSPS) is 24.1. The van der Waals surface area contributed by atoms with Crippen molar-refractivity contribution in [2.45, 2.75) is 49.1 Å². The number of nitrogens with one attached hydrogen (secondary N) is 2. The highest BCUT2D eigenvalue weighted by Gasteiger charge is 2.27. The van der Waals surface area contributed by atoms with Crippen LogP contribution in [0, 0.1) is 0 Å². The highest BCUT2D eigenvalue weighted by molar-refractivity contribution is 7.89. The lowest BCUT2D eigenvalue weighted by Gasteiger charge is -2.21. The summed E-state index contributed by atoms with van der Waals surface area (Å²) in [4.78, 5) is 7.79. The molecule has 0 spiro atoms. The standard InChI is InChI=1S/C12H20N4O3S/c1-13-12-14-7-9(8-15-12)20(18,19)16-10-5-3-2-4-6-11(10)17/h7-8,10-11,16-17H,2-6H2,1H3,(H,13,14,15). The van der Waals surface area contributed by atoms with Crippen molar-refractivity contribution >= 4 is 16.0 Å². The fourth-order valence-electron chi connectivity index (χ4n) is 2.28. The molecule has 3 N–H and O–H groups in total. The number of hydrogen-bond donors (Lipinski definition) is 3. The van der Waals surface area contributed by atoms with E-state index in [1.165, 1.54) is 12.4 Å². The highest BCUT2D eigenvalue weighted by Crippen LogP contribution is 2.20. The van der Waals surface area contributed by atoms with Crippen LogP contribution >= 0.6 is 0 Å². The molecule has 8 heteroatoms. The molecule has 1 aliphatic rings. The Balaban J connectivity index is 2.12. The van der Waals surface area contributed by atoms with Gasteiger partial charge >= 0.3 is 0 Å².